The summed E-state index contributed by atoms with van der Waals surface area (Å²) in [5, 5.41) is 3.71. The van der Waals surface area contributed by atoms with Crippen molar-refractivity contribution in [3.63, 3.8) is 0 Å². The molecule has 0 amide bonds. The lowest BCUT2D eigenvalue weighted by Crippen LogP contribution is -2.44. The van der Waals surface area contributed by atoms with Crippen LogP contribution in [0, 0.1) is 0 Å². The number of methoxy groups -OCH3 is 1. The van der Waals surface area contributed by atoms with Gasteiger partial charge in [-0.05, 0) is 37.1 Å². The molecule has 3 aromatic rings. The minimum absolute atomic E-state index is 0.113. The highest BCUT2D eigenvalue weighted by Crippen LogP contribution is 2.25. The molecule has 6 nitrogen and oxygen atoms in total. The number of aromatic nitrogens is 2. The van der Waals surface area contributed by atoms with Crippen molar-refractivity contribution in [3.8, 4) is 0 Å². The molecule has 136 valence electrons. The van der Waals surface area contributed by atoms with Crippen LogP contribution < -0.4 is 10.2 Å². The molecule has 0 radical (unpaired) electrons. The highest BCUT2D eigenvalue weighted by Gasteiger charge is 2.25. The van der Waals surface area contributed by atoms with Gasteiger partial charge < -0.3 is 19.4 Å². The molecule has 1 fully saturated rings. The van der Waals surface area contributed by atoms with Crippen molar-refractivity contribution in [1.82, 2.24) is 15.3 Å². The van der Waals surface area contributed by atoms with E-state index in [0.29, 0.717) is 12.6 Å². The number of anilines is 1. The van der Waals surface area contributed by atoms with Crippen molar-refractivity contribution in [2.75, 3.05) is 31.7 Å². The predicted octanol–water partition coefficient (Wildman–Crippen LogP) is 3.17. The number of nitrogens with one attached hydrogen (secondary N) is 1. The molecule has 1 atom stereocenters. The Morgan fingerprint density at radius 2 is 2.00 bits per heavy atom. The van der Waals surface area contributed by atoms with E-state index in [1.165, 1.54) is 0 Å². The lowest BCUT2D eigenvalue weighted by atomic mass is 10.0. The first-order valence-corrected chi connectivity index (χ1v) is 9.10. The van der Waals surface area contributed by atoms with Crippen LogP contribution in [0.4, 0.5) is 6.01 Å². The zero-order valence-corrected chi connectivity index (χ0v) is 15.0. The zero-order valence-electron chi connectivity index (χ0n) is 15.0. The molecule has 6 heteroatoms. The second-order valence-corrected chi connectivity index (χ2v) is 6.65. The molecule has 1 saturated heterocycles. The molecule has 0 unspecified atom stereocenters. The molecule has 3 heterocycles. The third-order valence-electron chi connectivity index (χ3n) is 4.86. The van der Waals surface area contributed by atoms with Gasteiger partial charge in [0.15, 0.2) is 5.58 Å². The van der Waals surface area contributed by atoms with Gasteiger partial charge in [0.05, 0.1) is 18.3 Å². The summed E-state index contributed by atoms with van der Waals surface area (Å²) < 4.78 is 11.3. The highest BCUT2D eigenvalue weighted by molar-refractivity contribution is 5.74. The van der Waals surface area contributed by atoms with Gasteiger partial charge in [0.25, 0.3) is 6.01 Å². The first kappa shape index (κ1) is 17.0. The Hall–Kier alpha value is -2.44. The number of piperidine rings is 1. The average Bonchev–Trinajstić information content (AvgIpc) is 3.13. The van der Waals surface area contributed by atoms with E-state index < -0.39 is 0 Å². The number of para-hydroxylation sites is 2. The summed E-state index contributed by atoms with van der Waals surface area (Å²) in [6.45, 7) is 2.46. The fraction of sp³-hybridized carbons (Fsp3) is 0.400. The number of benzene rings is 1. The van der Waals surface area contributed by atoms with Crippen LogP contribution in [0.1, 0.15) is 24.6 Å². The summed E-state index contributed by atoms with van der Waals surface area (Å²) in [6, 6.07) is 15.2. The minimum atomic E-state index is 0.113. The molecular formula is C20H24N4O2. The standard InChI is InChI=1S/C20H24N4O2/c1-25-14-18(16-6-4-5-11-21-16)22-15-9-12-24(13-10-15)20-23-17-7-2-3-8-19(17)26-20/h2-8,11,15,18,22H,9-10,12-14H2,1H3/t18-/m0/s1. The van der Waals surface area contributed by atoms with Crippen LogP contribution in [-0.4, -0.2) is 42.8 Å². The van der Waals surface area contributed by atoms with Gasteiger partial charge >= 0.3 is 0 Å². The highest BCUT2D eigenvalue weighted by atomic mass is 16.5. The second-order valence-electron chi connectivity index (χ2n) is 6.65. The molecule has 1 aromatic carbocycles. The normalized spacial score (nSPS) is 16.9. The molecule has 1 aliphatic heterocycles. The predicted molar refractivity (Wildman–Crippen MR) is 101 cm³/mol. The molecule has 0 aliphatic carbocycles. The van der Waals surface area contributed by atoms with Crippen LogP contribution in [0.5, 0.6) is 0 Å². The van der Waals surface area contributed by atoms with Crippen LogP contribution in [0.2, 0.25) is 0 Å². The monoisotopic (exact) mass is 352 g/mol. The minimum Gasteiger partial charge on any atom is -0.423 e. The van der Waals surface area contributed by atoms with Gasteiger partial charge in [-0.1, -0.05) is 18.2 Å². The van der Waals surface area contributed by atoms with Gasteiger partial charge in [0, 0.05) is 32.4 Å². The first-order valence-electron chi connectivity index (χ1n) is 9.10. The van der Waals surface area contributed by atoms with Crippen molar-refractivity contribution in [3.05, 3.63) is 54.4 Å². The number of hydrogen-bond donors (Lipinski definition) is 1. The Labute approximate surface area is 153 Å². The van der Waals surface area contributed by atoms with Crippen molar-refractivity contribution >= 4 is 17.1 Å². The van der Waals surface area contributed by atoms with Crippen LogP contribution in [-0.2, 0) is 4.74 Å². The summed E-state index contributed by atoms with van der Waals surface area (Å²) in [5.41, 5.74) is 2.78. The topological polar surface area (TPSA) is 63.4 Å². The lowest BCUT2D eigenvalue weighted by molar-refractivity contribution is 0.156. The fourth-order valence-electron chi connectivity index (χ4n) is 3.48. The number of fused-ring (bicyclic) bond motifs is 1. The van der Waals surface area contributed by atoms with Crippen LogP contribution in [0.3, 0.4) is 0 Å². The number of nitrogens with zero attached hydrogens (tertiary/aromatic N) is 3. The van der Waals surface area contributed by atoms with Gasteiger partial charge in [0.2, 0.25) is 0 Å². The fourth-order valence-corrected chi connectivity index (χ4v) is 3.48. The van der Waals surface area contributed by atoms with E-state index in [4.69, 9.17) is 9.15 Å². The Morgan fingerprint density at radius 3 is 2.73 bits per heavy atom. The third kappa shape index (κ3) is 3.71. The molecule has 2 aromatic heterocycles. The molecule has 26 heavy (non-hydrogen) atoms. The van der Waals surface area contributed by atoms with E-state index in [2.05, 4.69) is 20.2 Å². The quantitative estimate of drug-likeness (QED) is 0.735. The van der Waals surface area contributed by atoms with Crippen molar-refractivity contribution in [2.45, 2.75) is 24.9 Å². The van der Waals surface area contributed by atoms with Gasteiger partial charge in [-0.15, -0.1) is 0 Å². The maximum Gasteiger partial charge on any atom is 0.298 e. The zero-order chi connectivity index (χ0) is 17.8. The number of pyridine rings is 1. The number of hydrogen-bond acceptors (Lipinski definition) is 6. The molecular weight excluding hydrogens is 328 g/mol. The van der Waals surface area contributed by atoms with Gasteiger partial charge in [-0.25, -0.2) is 0 Å². The SMILES string of the molecule is COC[C@H](NC1CCN(c2nc3ccccc3o2)CC1)c1ccccn1. The summed E-state index contributed by atoms with van der Waals surface area (Å²) >= 11 is 0. The van der Waals surface area contributed by atoms with E-state index in [1.54, 1.807) is 7.11 Å². The van der Waals surface area contributed by atoms with Crippen LogP contribution in [0.15, 0.2) is 53.1 Å². The Bertz CT molecular complexity index is 795. The Balaban J connectivity index is 1.38. The van der Waals surface area contributed by atoms with Crippen molar-refractivity contribution in [2.24, 2.45) is 0 Å². The van der Waals surface area contributed by atoms with Gasteiger partial charge in [0.1, 0.15) is 5.52 Å². The Morgan fingerprint density at radius 1 is 1.19 bits per heavy atom. The van der Waals surface area contributed by atoms with Crippen LogP contribution >= 0.6 is 0 Å². The molecule has 1 aliphatic rings. The summed E-state index contributed by atoms with van der Waals surface area (Å²) in [5.74, 6) is 0. The number of oxazole rings is 1. The van der Waals surface area contributed by atoms with E-state index in [-0.39, 0.29) is 6.04 Å². The first-order chi connectivity index (χ1) is 12.8. The van der Waals surface area contributed by atoms with Crippen molar-refractivity contribution < 1.29 is 9.15 Å². The molecule has 0 spiro atoms. The summed E-state index contributed by atoms with van der Waals surface area (Å²) in [6.07, 6.45) is 3.90. The Kier molecular flexibility index (Phi) is 5.13. The smallest absolute Gasteiger partial charge is 0.298 e. The van der Waals surface area contributed by atoms with Crippen molar-refractivity contribution in [1.29, 1.82) is 0 Å². The second kappa shape index (κ2) is 7.85. The van der Waals surface area contributed by atoms with E-state index in [0.717, 1.165) is 48.7 Å². The summed E-state index contributed by atoms with van der Waals surface area (Å²) in [4.78, 5) is 11.3. The maximum atomic E-state index is 5.90. The molecule has 0 bridgehead atoms. The van der Waals surface area contributed by atoms with Crippen LogP contribution in [0.25, 0.3) is 11.1 Å². The summed E-state index contributed by atoms with van der Waals surface area (Å²) in [7, 11) is 1.73. The van der Waals surface area contributed by atoms with Gasteiger partial charge in [-0.2, -0.15) is 4.98 Å². The van der Waals surface area contributed by atoms with E-state index in [1.807, 2.05) is 48.7 Å². The number of ether oxygens (including phenoxy) is 1. The molecule has 4 rings (SSSR count). The number of rotatable bonds is 6. The third-order valence-corrected chi connectivity index (χ3v) is 4.86. The van der Waals surface area contributed by atoms with E-state index in [9.17, 15) is 0 Å². The largest absolute Gasteiger partial charge is 0.423 e. The lowest BCUT2D eigenvalue weighted by Gasteiger charge is -2.33. The average molecular weight is 352 g/mol. The molecule has 0 saturated carbocycles. The molecule has 1 N–H and O–H groups in total. The maximum absolute atomic E-state index is 5.90. The van der Waals surface area contributed by atoms with Gasteiger partial charge in [-0.3, -0.25) is 4.98 Å². The van der Waals surface area contributed by atoms with E-state index >= 15 is 0 Å².